The number of nitrogens with one attached hydrogen (secondary N) is 1. The molecule has 0 aliphatic carbocycles. The van der Waals surface area contributed by atoms with Gasteiger partial charge in [-0.2, -0.15) is 5.10 Å². The molecule has 2 aromatic rings. The quantitative estimate of drug-likeness (QED) is 0.535. The molecule has 0 spiro atoms. The summed E-state index contributed by atoms with van der Waals surface area (Å²) in [6.45, 7) is 1.50. The monoisotopic (exact) mass is 301 g/mol. The summed E-state index contributed by atoms with van der Waals surface area (Å²) in [6.07, 6.45) is 1.35. The Labute approximate surface area is 125 Å². The topological polar surface area (TPSA) is 84.6 Å². The Morgan fingerprint density at radius 3 is 2.59 bits per heavy atom. The van der Waals surface area contributed by atoms with Gasteiger partial charge in [0.2, 0.25) is 0 Å². The van der Waals surface area contributed by atoms with Gasteiger partial charge in [-0.3, -0.25) is 14.9 Å². The lowest BCUT2D eigenvalue weighted by atomic mass is 10.1. The van der Waals surface area contributed by atoms with E-state index in [0.29, 0.717) is 5.56 Å². The fraction of sp³-hybridized carbons (Fsp3) is 0.0667. The lowest BCUT2D eigenvalue weighted by Gasteiger charge is -2.04. The first-order chi connectivity index (χ1) is 10.5. The van der Waals surface area contributed by atoms with E-state index in [0.717, 1.165) is 0 Å². The molecule has 2 rings (SSSR count). The van der Waals surface area contributed by atoms with E-state index >= 15 is 0 Å². The van der Waals surface area contributed by atoms with Crippen molar-refractivity contribution in [1.82, 2.24) is 5.43 Å². The summed E-state index contributed by atoms with van der Waals surface area (Å²) in [5.41, 5.74) is 3.20. The average molecular weight is 301 g/mol. The zero-order valence-electron chi connectivity index (χ0n) is 11.6. The number of amides is 1. The van der Waals surface area contributed by atoms with Crippen LogP contribution in [0.15, 0.2) is 47.6 Å². The zero-order valence-corrected chi connectivity index (χ0v) is 11.6. The molecular weight excluding hydrogens is 289 g/mol. The summed E-state index contributed by atoms with van der Waals surface area (Å²) in [7, 11) is 0. The molecule has 22 heavy (non-hydrogen) atoms. The van der Waals surface area contributed by atoms with Crippen LogP contribution in [0.5, 0.6) is 0 Å². The highest BCUT2D eigenvalue weighted by molar-refractivity contribution is 5.97. The maximum atomic E-state index is 12.7. The molecular formula is C15H12FN3O3. The van der Waals surface area contributed by atoms with Crippen LogP contribution in [0.3, 0.4) is 0 Å². The van der Waals surface area contributed by atoms with Crippen LogP contribution in [-0.4, -0.2) is 17.0 Å². The average Bonchev–Trinajstić information content (AvgIpc) is 2.49. The van der Waals surface area contributed by atoms with Crippen LogP contribution < -0.4 is 5.43 Å². The van der Waals surface area contributed by atoms with E-state index in [1.807, 2.05) is 0 Å². The highest BCUT2D eigenvalue weighted by Crippen LogP contribution is 2.20. The highest BCUT2D eigenvalue weighted by atomic mass is 19.1. The Hall–Kier alpha value is -3.09. The van der Waals surface area contributed by atoms with E-state index in [1.54, 1.807) is 0 Å². The Balaban J connectivity index is 2.11. The van der Waals surface area contributed by atoms with E-state index in [2.05, 4.69) is 10.5 Å². The number of benzene rings is 2. The summed E-state index contributed by atoms with van der Waals surface area (Å²) in [5, 5.41) is 14.6. The van der Waals surface area contributed by atoms with Crippen molar-refractivity contribution in [1.29, 1.82) is 0 Å². The van der Waals surface area contributed by atoms with E-state index in [4.69, 9.17) is 0 Å². The van der Waals surface area contributed by atoms with Gasteiger partial charge in [-0.15, -0.1) is 0 Å². The number of hydrazone groups is 1. The summed E-state index contributed by atoms with van der Waals surface area (Å²) in [4.78, 5) is 22.3. The van der Waals surface area contributed by atoms with Crippen LogP contribution in [0.25, 0.3) is 0 Å². The minimum Gasteiger partial charge on any atom is -0.267 e. The number of hydrogen-bond acceptors (Lipinski definition) is 4. The third-order valence-corrected chi connectivity index (χ3v) is 3.00. The molecule has 0 saturated heterocycles. The third-order valence-electron chi connectivity index (χ3n) is 3.00. The number of halogens is 1. The molecule has 0 atom stereocenters. The highest BCUT2D eigenvalue weighted by Gasteiger charge is 2.17. The van der Waals surface area contributed by atoms with E-state index in [-0.39, 0.29) is 22.6 Å². The van der Waals surface area contributed by atoms with Gasteiger partial charge in [-0.25, -0.2) is 9.82 Å². The van der Waals surface area contributed by atoms with E-state index < -0.39 is 10.8 Å². The normalized spacial score (nSPS) is 10.6. The second-order valence-electron chi connectivity index (χ2n) is 4.46. The first-order valence-corrected chi connectivity index (χ1v) is 6.32. The van der Waals surface area contributed by atoms with Crippen LogP contribution in [0.1, 0.15) is 21.5 Å². The summed E-state index contributed by atoms with van der Waals surface area (Å²) < 4.78 is 12.7. The van der Waals surface area contributed by atoms with Gasteiger partial charge in [0, 0.05) is 11.6 Å². The van der Waals surface area contributed by atoms with E-state index in [9.17, 15) is 19.3 Å². The largest absolute Gasteiger partial charge is 0.273 e. The van der Waals surface area contributed by atoms with Gasteiger partial charge in [0.1, 0.15) is 5.82 Å². The van der Waals surface area contributed by atoms with Crippen molar-refractivity contribution in [2.75, 3.05) is 0 Å². The Kier molecular flexibility index (Phi) is 4.57. The molecule has 7 heteroatoms. The van der Waals surface area contributed by atoms with E-state index in [1.165, 1.54) is 55.6 Å². The molecule has 0 radical (unpaired) electrons. The predicted octanol–water partition coefficient (Wildman–Crippen LogP) is 2.81. The van der Waals surface area contributed by atoms with Crippen LogP contribution in [-0.2, 0) is 0 Å². The van der Waals surface area contributed by atoms with Crippen LogP contribution in [0.2, 0.25) is 0 Å². The molecule has 2 aromatic carbocycles. The standard InChI is InChI=1S/C15H12FN3O3/c1-10-13(3-2-4-14(10)19(21)22)15(20)18-17-9-11-5-7-12(16)8-6-11/h2-9H,1H3,(H,18,20)/b17-9-. The second-order valence-corrected chi connectivity index (χ2v) is 4.46. The van der Waals surface area contributed by atoms with Gasteiger partial charge < -0.3 is 0 Å². The van der Waals surface area contributed by atoms with Crippen molar-refractivity contribution < 1.29 is 14.1 Å². The number of rotatable bonds is 4. The Bertz CT molecular complexity index is 742. The molecule has 0 aromatic heterocycles. The fourth-order valence-corrected chi connectivity index (χ4v) is 1.84. The Morgan fingerprint density at radius 1 is 1.27 bits per heavy atom. The van der Waals surface area contributed by atoms with Gasteiger partial charge in [0.05, 0.1) is 16.7 Å². The number of carbonyl (C=O) groups is 1. The molecule has 0 aliphatic heterocycles. The second kappa shape index (κ2) is 6.57. The minimum atomic E-state index is -0.556. The molecule has 1 amide bonds. The summed E-state index contributed by atoms with van der Waals surface area (Å²) in [6, 6.07) is 9.79. The van der Waals surface area contributed by atoms with Crippen molar-refractivity contribution in [3.05, 3.63) is 75.1 Å². The van der Waals surface area contributed by atoms with Crippen molar-refractivity contribution in [2.24, 2.45) is 5.10 Å². The van der Waals surface area contributed by atoms with Gasteiger partial charge in [0.25, 0.3) is 11.6 Å². The molecule has 0 saturated carbocycles. The van der Waals surface area contributed by atoms with Crippen molar-refractivity contribution in [3.8, 4) is 0 Å². The molecule has 1 N–H and O–H groups in total. The first-order valence-electron chi connectivity index (χ1n) is 6.32. The molecule has 0 heterocycles. The first kappa shape index (κ1) is 15.3. The molecule has 6 nitrogen and oxygen atoms in total. The molecule has 0 unspecified atom stereocenters. The summed E-state index contributed by atoms with van der Waals surface area (Å²) >= 11 is 0. The number of nitro groups is 1. The molecule has 112 valence electrons. The Morgan fingerprint density at radius 2 is 1.95 bits per heavy atom. The smallest absolute Gasteiger partial charge is 0.267 e. The number of nitrogens with zero attached hydrogens (tertiary/aromatic N) is 2. The predicted molar refractivity (Wildman–Crippen MR) is 79.3 cm³/mol. The lowest BCUT2D eigenvalue weighted by molar-refractivity contribution is -0.385. The van der Waals surface area contributed by atoms with Gasteiger partial charge in [-0.1, -0.05) is 18.2 Å². The number of hydrogen-bond donors (Lipinski definition) is 1. The number of nitro benzene ring substituents is 1. The minimum absolute atomic E-state index is 0.129. The van der Waals surface area contributed by atoms with Gasteiger partial charge in [0.15, 0.2) is 0 Å². The molecule has 0 aliphatic rings. The van der Waals surface area contributed by atoms with Crippen LogP contribution in [0, 0.1) is 22.9 Å². The van der Waals surface area contributed by atoms with Crippen molar-refractivity contribution in [3.63, 3.8) is 0 Å². The molecule has 0 fully saturated rings. The van der Waals surface area contributed by atoms with Crippen LogP contribution >= 0.6 is 0 Å². The number of carbonyl (C=O) groups excluding carboxylic acids is 1. The SMILES string of the molecule is Cc1c(C(=O)N/N=C\c2ccc(F)cc2)cccc1[N+](=O)[O-]. The third kappa shape index (κ3) is 3.51. The van der Waals surface area contributed by atoms with Gasteiger partial charge in [-0.05, 0) is 30.7 Å². The maximum Gasteiger partial charge on any atom is 0.273 e. The molecule has 0 bridgehead atoms. The van der Waals surface area contributed by atoms with Crippen LogP contribution in [0.4, 0.5) is 10.1 Å². The fourth-order valence-electron chi connectivity index (χ4n) is 1.84. The maximum absolute atomic E-state index is 12.7. The van der Waals surface area contributed by atoms with Gasteiger partial charge >= 0.3 is 0 Å². The van der Waals surface area contributed by atoms with Crippen molar-refractivity contribution in [2.45, 2.75) is 6.92 Å². The lowest BCUT2D eigenvalue weighted by Crippen LogP contribution is -2.19. The summed E-state index contributed by atoms with van der Waals surface area (Å²) in [5.74, 6) is -0.923. The van der Waals surface area contributed by atoms with Crippen molar-refractivity contribution >= 4 is 17.8 Å². The zero-order chi connectivity index (χ0) is 16.1.